The number of hydrogen-bond acceptors (Lipinski definition) is 3. The number of carbonyl (C=O) groups excluding carboxylic acids is 1. The Labute approximate surface area is 123 Å². The summed E-state index contributed by atoms with van der Waals surface area (Å²) in [4.78, 5) is 18.5. The molecule has 3 aliphatic heterocycles. The van der Waals surface area contributed by atoms with Gasteiger partial charge in [-0.15, -0.1) is 12.4 Å². The highest BCUT2D eigenvalue weighted by atomic mass is 35.5. The molecule has 19 heavy (non-hydrogen) atoms. The van der Waals surface area contributed by atoms with Crippen molar-refractivity contribution >= 4 is 29.9 Å². The fourth-order valence-corrected chi connectivity index (χ4v) is 2.99. The van der Waals surface area contributed by atoms with E-state index in [-0.39, 0.29) is 24.4 Å². The van der Waals surface area contributed by atoms with E-state index in [0.29, 0.717) is 16.6 Å². The largest absolute Gasteiger partial charge is 0.346 e. The molecule has 2 bridgehead atoms. The van der Waals surface area contributed by atoms with E-state index < -0.39 is 0 Å². The van der Waals surface area contributed by atoms with E-state index in [0.717, 1.165) is 6.54 Å². The first-order chi connectivity index (χ1) is 8.72. The number of nitrogens with zero attached hydrogens (tertiary/aromatic N) is 2. The van der Waals surface area contributed by atoms with Crippen LogP contribution in [0.15, 0.2) is 18.3 Å². The van der Waals surface area contributed by atoms with Crippen LogP contribution < -0.4 is 5.32 Å². The molecule has 4 nitrogen and oxygen atoms in total. The number of halogens is 2. The molecular formula is C13H17Cl2N3O. The van der Waals surface area contributed by atoms with Gasteiger partial charge in [-0.1, -0.05) is 11.6 Å². The maximum absolute atomic E-state index is 12.1. The molecule has 0 aromatic carbocycles. The second-order valence-corrected chi connectivity index (χ2v) is 5.52. The third-order valence-electron chi connectivity index (χ3n) is 3.93. The van der Waals surface area contributed by atoms with E-state index in [1.165, 1.54) is 32.1 Å². The van der Waals surface area contributed by atoms with Crippen molar-refractivity contribution in [1.82, 2.24) is 15.2 Å². The molecule has 3 saturated heterocycles. The minimum absolute atomic E-state index is 0. The molecule has 1 atom stereocenters. The van der Waals surface area contributed by atoms with Gasteiger partial charge in [-0.05, 0) is 44.0 Å². The number of hydrogen-bond donors (Lipinski definition) is 1. The maximum atomic E-state index is 12.1. The molecule has 104 valence electrons. The summed E-state index contributed by atoms with van der Waals surface area (Å²) in [6, 6.07) is 3.64. The lowest BCUT2D eigenvalue weighted by Gasteiger charge is -2.44. The molecule has 1 aromatic heterocycles. The van der Waals surface area contributed by atoms with Crippen LogP contribution in [-0.4, -0.2) is 41.5 Å². The summed E-state index contributed by atoms with van der Waals surface area (Å²) in [5.41, 5.74) is 0.441. The summed E-state index contributed by atoms with van der Waals surface area (Å²) in [5, 5.41) is 3.65. The summed E-state index contributed by atoms with van der Waals surface area (Å²) < 4.78 is 0. The number of fused-ring (bicyclic) bond motifs is 3. The Morgan fingerprint density at radius 1 is 1.37 bits per heavy atom. The summed E-state index contributed by atoms with van der Waals surface area (Å²) >= 11 is 5.76. The molecule has 0 radical (unpaired) electrons. The fraction of sp³-hybridized carbons (Fsp3) is 0.538. The SMILES string of the molecule is Cl.O=C(N[C@H]1CN2CCC1CC2)c1ccc(Cl)cn1. The molecule has 4 heterocycles. The minimum Gasteiger partial charge on any atom is -0.346 e. The van der Waals surface area contributed by atoms with Crippen LogP contribution in [0.1, 0.15) is 23.3 Å². The normalized spacial score (nSPS) is 28.6. The monoisotopic (exact) mass is 301 g/mol. The molecule has 6 heteroatoms. The van der Waals surface area contributed by atoms with Crippen LogP contribution >= 0.6 is 24.0 Å². The number of pyridine rings is 1. The summed E-state index contributed by atoms with van der Waals surface area (Å²) in [6.07, 6.45) is 3.89. The average Bonchev–Trinajstić information content (AvgIpc) is 2.41. The Balaban J connectivity index is 0.00000133. The molecule has 3 fully saturated rings. The molecule has 0 saturated carbocycles. The van der Waals surface area contributed by atoms with Crippen LogP contribution in [0.2, 0.25) is 5.02 Å². The van der Waals surface area contributed by atoms with Crippen LogP contribution in [0, 0.1) is 5.92 Å². The lowest BCUT2D eigenvalue weighted by molar-refractivity contribution is 0.0618. The van der Waals surface area contributed by atoms with Crippen LogP contribution in [-0.2, 0) is 0 Å². The van der Waals surface area contributed by atoms with Crippen molar-refractivity contribution in [3.8, 4) is 0 Å². The molecular weight excluding hydrogens is 285 g/mol. The first kappa shape index (κ1) is 14.6. The van der Waals surface area contributed by atoms with Crippen molar-refractivity contribution < 1.29 is 4.79 Å². The van der Waals surface area contributed by atoms with Gasteiger partial charge in [0.2, 0.25) is 0 Å². The molecule has 0 spiro atoms. The molecule has 3 aliphatic rings. The lowest BCUT2D eigenvalue weighted by Crippen LogP contribution is -2.57. The predicted octanol–water partition coefficient (Wildman–Crippen LogP) is 1.98. The summed E-state index contributed by atoms with van der Waals surface area (Å²) in [6.45, 7) is 3.33. The predicted molar refractivity (Wildman–Crippen MR) is 76.9 cm³/mol. The molecule has 1 aromatic rings. The molecule has 1 amide bonds. The Morgan fingerprint density at radius 2 is 2.11 bits per heavy atom. The maximum Gasteiger partial charge on any atom is 0.270 e. The van der Waals surface area contributed by atoms with E-state index in [2.05, 4.69) is 15.2 Å². The van der Waals surface area contributed by atoms with Gasteiger partial charge in [0.1, 0.15) is 5.69 Å². The Morgan fingerprint density at radius 3 is 2.63 bits per heavy atom. The number of aromatic nitrogens is 1. The first-order valence-electron chi connectivity index (χ1n) is 6.37. The van der Waals surface area contributed by atoms with E-state index in [9.17, 15) is 4.79 Å². The molecule has 0 aliphatic carbocycles. The van der Waals surface area contributed by atoms with Crippen LogP contribution in [0.5, 0.6) is 0 Å². The molecule has 4 rings (SSSR count). The Bertz CT molecular complexity index is 444. The highest BCUT2D eigenvalue weighted by Crippen LogP contribution is 2.27. The van der Waals surface area contributed by atoms with Crippen molar-refractivity contribution in [1.29, 1.82) is 0 Å². The standard InChI is InChI=1S/C13H16ClN3O.ClH/c14-10-1-2-11(15-7-10)13(18)16-12-8-17-5-3-9(12)4-6-17;/h1-2,7,9,12H,3-6,8H2,(H,16,18);1H/t12-;/m0./s1. The topological polar surface area (TPSA) is 45.2 Å². The van der Waals surface area contributed by atoms with Gasteiger partial charge in [-0.3, -0.25) is 4.79 Å². The zero-order valence-corrected chi connectivity index (χ0v) is 12.1. The zero-order chi connectivity index (χ0) is 12.5. The highest BCUT2D eigenvalue weighted by molar-refractivity contribution is 6.30. The van der Waals surface area contributed by atoms with Gasteiger partial charge in [-0.25, -0.2) is 4.98 Å². The van der Waals surface area contributed by atoms with Crippen LogP contribution in [0.25, 0.3) is 0 Å². The number of amides is 1. The van der Waals surface area contributed by atoms with E-state index >= 15 is 0 Å². The van der Waals surface area contributed by atoms with Crippen molar-refractivity contribution in [2.75, 3.05) is 19.6 Å². The number of carbonyl (C=O) groups is 1. The van der Waals surface area contributed by atoms with Crippen molar-refractivity contribution in [2.45, 2.75) is 18.9 Å². The zero-order valence-electron chi connectivity index (χ0n) is 10.5. The highest BCUT2D eigenvalue weighted by Gasteiger charge is 2.34. The third kappa shape index (κ3) is 3.19. The third-order valence-corrected chi connectivity index (χ3v) is 4.16. The van der Waals surface area contributed by atoms with Gasteiger partial charge in [0, 0.05) is 18.8 Å². The fourth-order valence-electron chi connectivity index (χ4n) is 2.88. The molecule has 1 N–H and O–H groups in total. The van der Waals surface area contributed by atoms with Crippen molar-refractivity contribution in [3.63, 3.8) is 0 Å². The van der Waals surface area contributed by atoms with Crippen molar-refractivity contribution in [3.05, 3.63) is 29.0 Å². The summed E-state index contributed by atoms with van der Waals surface area (Å²) in [5.74, 6) is 0.539. The van der Waals surface area contributed by atoms with Gasteiger partial charge < -0.3 is 10.2 Å². The van der Waals surface area contributed by atoms with E-state index in [4.69, 9.17) is 11.6 Å². The molecule has 0 unspecified atom stereocenters. The lowest BCUT2D eigenvalue weighted by atomic mass is 9.84. The van der Waals surface area contributed by atoms with Gasteiger partial charge >= 0.3 is 0 Å². The second-order valence-electron chi connectivity index (χ2n) is 5.08. The smallest absolute Gasteiger partial charge is 0.270 e. The van der Waals surface area contributed by atoms with E-state index in [1.807, 2.05) is 0 Å². The first-order valence-corrected chi connectivity index (χ1v) is 6.75. The Kier molecular flexibility index (Phi) is 4.66. The van der Waals surface area contributed by atoms with Gasteiger partial charge in [0.25, 0.3) is 5.91 Å². The van der Waals surface area contributed by atoms with E-state index in [1.54, 1.807) is 12.1 Å². The quantitative estimate of drug-likeness (QED) is 0.908. The number of nitrogens with one attached hydrogen (secondary N) is 1. The van der Waals surface area contributed by atoms with Crippen LogP contribution in [0.4, 0.5) is 0 Å². The summed E-state index contributed by atoms with van der Waals surface area (Å²) in [7, 11) is 0. The second kappa shape index (κ2) is 6.07. The van der Waals surface area contributed by atoms with Gasteiger partial charge in [0.15, 0.2) is 0 Å². The van der Waals surface area contributed by atoms with Crippen molar-refractivity contribution in [2.24, 2.45) is 5.92 Å². The Hall–Kier alpha value is -0.840. The minimum atomic E-state index is -0.0922. The van der Waals surface area contributed by atoms with Crippen LogP contribution in [0.3, 0.4) is 0 Å². The number of rotatable bonds is 2. The number of piperidine rings is 3. The average molecular weight is 302 g/mol. The van der Waals surface area contributed by atoms with Gasteiger partial charge in [0.05, 0.1) is 5.02 Å². The van der Waals surface area contributed by atoms with Gasteiger partial charge in [-0.2, -0.15) is 0 Å².